The van der Waals surface area contributed by atoms with Crippen LogP contribution in [0.15, 0.2) is 12.2 Å². The molecule has 0 saturated carbocycles. The Balaban J connectivity index is 3.42. The van der Waals surface area contributed by atoms with Gasteiger partial charge in [-0.1, -0.05) is 26.0 Å². The van der Waals surface area contributed by atoms with Gasteiger partial charge in [-0.2, -0.15) is 0 Å². The molecule has 60 valence electrons. The lowest BCUT2D eigenvalue weighted by molar-refractivity contribution is 0.193. The Morgan fingerprint density at radius 2 is 2.00 bits per heavy atom. The SMILES string of the molecule is CC(C)CC(O)/C=C/CO. The van der Waals surface area contributed by atoms with Gasteiger partial charge in [0, 0.05) is 0 Å². The van der Waals surface area contributed by atoms with E-state index < -0.39 is 6.10 Å². The van der Waals surface area contributed by atoms with Crippen molar-refractivity contribution in [2.45, 2.75) is 26.4 Å². The largest absolute Gasteiger partial charge is 0.392 e. The number of hydrogen-bond donors (Lipinski definition) is 2. The van der Waals surface area contributed by atoms with E-state index in [1.807, 2.05) is 0 Å². The van der Waals surface area contributed by atoms with Crippen molar-refractivity contribution in [2.24, 2.45) is 5.92 Å². The summed E-state index contributed by atoms with van der Waals surface area (Å²) < 4.78 is 0. The van der Waals surface area contributed by atoms with E-state index in [-0.39, 0.29) is 6.61 Å². The van der Waals surface area contributed by atoms with E-state index in [0.717, 1.165) is 6.42 Å². The first-order chi connectivity index (χ1) is 4.66. The average Bonchev–Trinajstić information content (AvgIpc) is 1.82. The summed E-state index contributed by atoms with van der Waals surface area (Å²) in [4.78, 5) is 0. The van der Waals surface area contributed by atoms with Crippen LogP contribution in [-0.2, 0) is 0 Å². The number of rotatable bonds is 4. The van der Waals surface area contributed by atoms with Crippen LogP contribution in [0, 0.1) is 5.92 Å². The first kappa shape index (κ1) is 9.66. The Hall–Kier alpha value is -0.340. The average molecular weight is 144 g/mol. The smallest absolute Gasteiger partial charge is 0.0724 e. The number of hydrogen-bond acceptors (Lipinski definition) is 2. The molecule has 0 bridgehead atoms. The Bertz CT molecular complexity index is 97.4. The highest BCUT2D eigenvalue weighted by atomic mass is 16.3. The van der Waals surface area contributed by atoms with Crippen LogP contribution in [0.4, 0.5) is 0 Å². The molecule has 0 aliphatic rings. The summed E-state index contributed by atoms with van der Waals surface area (Å²) in [6.07, 6.45) is 3.55. The van der Waals surface area contributed by atoms with Gasteiger partial charge in [0.15, 0.2) is 0 Å². The zero-order valence-electron chi connectivity index (χ0n) is 6.62. The van der Waals surface area contributed by atoms with Crippen molar-refractivity contribution >= 4 is 0 Å². The van der Waals surface area contributed by atoms with Gasteiger partial charge in [-0.05, 0) is 12.3 Å². The van der Waals surface area contributed by atoms with Gasteiger partial charge in [0.25, 0.3) is 0 Å². The summed E-state index contributed by atoms with van der Waals surface area (Å²) in [5.41, 5.74) is 0. The van der Waals surface area contributed by atoms with E-state index in [4.69, 9.17) is 10.2 Å². The van der Waals surface area contributed by atoms with Gasteiger partial charge in [0.2, 0.25) is 0 Å². The number of aliphatic hydroxyl groups excluding tert-OH is 2. The van der Waals surface area contributed by atoms with E-state index in [0.29, 0.717) is 5.92 Å². The predicted octanol–water partition coefficient (Wildman–Crippen LogP) is 0.942. The predicted molar refractivity (Wildman–Crippen MR) is 41.7 cm³/mol. The highest BCUT2D eigenvalue weighted by Crippen LogP contribution is 2.04. The molecule has 2 heteroatoms. The molecule has 0 heterocycles. The molecule has 0 aliphatic heterocycles. The molecule has 0 fully saturated rings. The van der Waals surface area contributed by atoms with Crippen molar-refractivity contribution in [3.63, 3.8) is 0 Å². The first-order valence-corrected chi connectivity index (χ1v) is 3.62. The molecule has 1 unspecified atom stereocenters. The van der Waals surface area contributed by atoms with Crippen LogP contribution in [0.5, 0.6) is 0 Å². The topological polar surface area (TPSA) is 40.5 Å². The fourth-order valence-electron chi connectivity index (χ4n) is 0.779. The van der Waals surface area contributed by atoms with Crippen molar-refractivity contribution in [1.82, 2.24) is 0 Å². The van der Waals surface area contributed by atoms with E-state index in [2.05, 4.69) is 13.8 Å². The van der Waals surface area contributed by atoms with E-state index in [1.165, 1.54) is 0 Å². The van der Waals surface area contributed by atoms with Crippen LogP contribution in [0.25, 0.3) is 0 Å². The fraction of sp³-hybridized carbons (Fsp3) is 0.750. The minimum Gasteiger partial charge on any atom is -0.392 e. The number of aliphatic hydroxyl groups is 2. The van der Waals surface area contributed by atoms with Crippen molar-refractivity contribution in [3.8, 4) is 0 Å². The van der Waals surface area contributed by atoms with Gasteiger partial charge in [0.1, 0.15) is 0 Å². The Morgan fingerprint density at radius 1 is 1.40 bits per heavy atom. The summed E-state index contributed by atoms with van der Waals surface area (Å²) >= 11 is 0. The maximum Gasteiger partial charge on any atom is 0.0724 e. The highest BCUT2D eigenvalue weighted by Gasteiger charge is 2.00. The fourth-order valence-corrected chi connectivity index (χ4v) is 0.779. The molecule has 0 amide bonds. The molecule has 0 spiro atoms. The molecule has 10 heavy (non-hydrogen) atoms. The van der Waals surface area contributed by atoms with E-state index in [9.17, 15) is 0 Å². The quantitative estimate of drug-likeness (QED) is 0.576. The third kappa shape index (κ3) is 5.79. The normalized spacial score (nSPS) is 14.9. The maximum atomic E-state index is 9.15. The molecular weight excluding hydrogens is 128 g/mol. The van der Waals surface area contributed by atoms with Crippen molar-refractivity contribution < 1.29 is 10.2 Å². The van der Waals surface area contributed by atoms with Gasteiger partial charge in [-0.15, -0.1) is 0 Å². The first-order valence-electron chi connectivity index (χ1n) is 3.62. The van der Waals surface area contributed by atoms with Crippen LogP contribution in [0.2, 0.25) is 0 Å². The standard InChI is InChI=1S/C8H16O2/c1-7(2)6-8(10)4-3-5-9/h3-4,7-10H,5-6H2,1-2H3/b4-3+. The Kier molecular flexibility index (Phi) is 5.26. The summed E-state index contributed by atoms with van der Waals surface area (Å²) in [7, 11) is 0. The summed E-state index contributed by atoms with van der Waals surface area (Å²) in [5.74, 6) is 0.498. The van der Waals surface area contributed by atoms with Gasteiger partial charge < -0.3 is 10.2 Å². The Morgan fingerprint density at radius 3 is 2.40 bits per heavy atom. The highest BCUT2D eigenvalue weighted by molar-refractivity contribution is 4.88. The molecule has 0 radical (unpaired) electrons. The molecule has 0 saturated heterocycles. The third-order valence-corrected chi connectivity index (χ3v) is 1.18. The molecule has 0 aromatic carbocycles. The lowest BCUT2D eigenvalue weighted by Gasteiger charge is -2.07. The maximum absolute atomic E-state index is 9.15. The summed E-state index contributed by atoms with van der Waals surface area (Å²) in [5, 5.41) is 17.5. The second-order valence-corrected chi connectivity index (χ2v) is 2.81. The molecular formula is C8H16O2. The zero-order valence-corrected chi connectivity index (χ0v) is 6.62. The van der Waals surface area contributed by atoms with Gasteiger partial charge >= 0.3 is 0 Å². The summed E-state index contributed by atoms with van der Waals surface area (Å²) in [6, 6.07) is 0. The van der Waals surface area contributed by atoms with Crippen molar-refractivity contribution in [3.05, 3.63) is 12.2 Å². The van der Waals surface area contributed by atoms with Crippen LogP contribution < -0.4 is 0 Å². The molecule has 0 aromatic rings. The van der Waals surface area contributed by atoms with Crippen LogP contribution in [-0.4, -0.2) is 22.9 Å². The zero-order chi connectivity index (χ0) is 7.98. The second-order valence-electron chi connectivity index (χ2n) is 2.81. The van der Waals surface area contributed by atoms with Crippen LogP contribution >= 0.6 is 0 Å². The summed E-state index contributed by atoms with van der Waals surface area (Å²) in [6.45, 7) is 4.11. The Labute approximate surface area is 62.2 Å². The van der Waals surface area contributed by atoms with Gasteiger partial charge in [-0.25, -0.2) is 0 Å². The molecule has 0 aromatic heterocycles. The third-order valence-electron chi connectivity index (χ3n) is 1.18. The second kappa shape index (κ2) is 5.45. The molecule has 1 atom stereocenters. The molecule has 2 nitrogen and oxygen atoms in total. The van der Waals surface area contributed by atoms with Crippen LogP contribution in [0.3, 0.4) is 0 Å². The van der Waals surface area contributed by atoms with Gasteiger partial charge in [0.05, 0.1) is 12.7 Å². The monoisotopic (exact) mass is 144 g/mol. The lowest BCUT2D eigenvalue weighted by atomic mass is 10.1. The molecule has 0 aliphatic carbocycles. The van der Waals surface area contributed by atoms with Crippen molar-refractivity contribution in [2.75, 3.05) is 6.61 Å². The van der Waals surface area contributed by atoms with E-state index in [1.54, 1.807) is 12.2 Å². The van der Waals surface area contributed by atoms with Crippen LogP contribution in [0.1, 0.15) is 20.3 Å². The minimum atomic E-state index is -0.396. The minimum absolute atomic E-state index is 0.00908. The molecule has 0 rings (SSSR count). The van der Waals surface area contributed by atoms with Gasteiger partial charge in [-0.3, -0.25) is 0 Å². The lowest BCUT2D eigenvalue weighted by Crippen LogP contribution is -2.06. The van der Waals surface area contributed by atoms with Crippen molar-refractivity contribution in [1.29, 1.82) is 0 Å². The van der Waals surface area contributed by atoms with E-state index >= 15 is 0 Å². The molecule has 2 N–H and O–H groups in total.